The molecule has 4 nitrogen and oxygen atoms in total. The summed E-state index contributed by atoms with van der Waals surface area (Å²) in [6.45, 7) is 0. The van der Waals surface area contributed by atoms with Crippen LogP contribution in [-0.2, 0) is 0 Å². The van der Waals surface area contributed by atoms with Gasteiger partial charge in [-0.3, -0.25) is 0 Å². The molecule has 4 rings (SSSR count). The van der Waals surface area contributed by atoms with E-state index in [2.05, 4.69) is 0 Å². The highest BCUT2D eigenvalue weighted by Crippen LogP contribution is 2.41. The van der Waals surface area contributed by atoms with Crippen LogP contribution in [0.3, 0.4) is 0 Å². The summed E-state index contributed by atoms with van der Waals surface area (Å²) >= 11 is 0. The lowest BCUT2D eigenvalue weighted by atomic mass is 9.99. The third-order valence-electron chi connectivity index (χ3n) is 4.17. The second-order valence-electron chi connectivity index (χ2n) is 5.99. The summed E-state index contributed by atoms with van der Waals surface area (Å²) < 4.78 is 6.14. The molecule has 0 unspecified atom stereocenters. The average Bonchev–Trinajstić information content (AvgIpc) is 2.63. The predicted octanol–water partition coefficient (Wildman–Crippen LogP) is 5.42. The summed E-state index contributed by atoms with van der Waals surface area (Å²) in [5.41, 5.74) is 1.63. The van der Waals surface area contributed by atoms with Gasteiger partial charge in [-0.2, -0.15) is 0 Å². The van der Waals surface area contributed by atoms with E-state index in [1.165, 1.54) is 0 Å². The molecule has 0 saturated heterocycles. The van der Waals surface area contributed by atoms with Crippen LogP contribution in [0.5, 0.6) is 28.7 Å². The maximum absolute atomic E-state index is 9.83. The largest absolute Gasteiger partial charge is 0.508 e. The van der Waals surface area contributed by atoms with Crippen molar-refractivity contribution in [2.24, 2.45) is 0 Å². The molecule has 0 aromatic heterocycles. The number of hydrogen-bond acceptors (Lipinski definition) is 4. The van der Waals surface area contributed by atoms with Crippen molar-refractivity contribution in [3.8, 4) is 39.9 Å². The molecule has 26 heavy (non-hydrogen) atoms. The van der Waals surface area contributed by atoms with E-state index in [1.807, 2.05) is 18.2 Å². The van der Waals surface area contributed by atoms with Gasteiger partial charge in [0.15, 0.2) is 0 Å². The van der Waals surface area contributed by atoms with Gasteiger partial charge in [0.05, 0.1) is 0 Å². The second kappa shape index (κ2) is 6.33. The van der Waals surface area contributed by atoms with E-state index in [0.29, 0.717) is 11.5 Å². The minimum absolute atomic E-state index is 0.161. The molecule has 0 atom stereocenters. The number of phenols is 3. The Labute approximate surface area is 150 Å². The Morgan fingerprint density at radius 2 is 1.35 bits per heavy atom. The van der Waals surface area contributed by atoms with Crippen LogP contribution in [0, 0.1) is 0 Å². The van der Waals surface area contributed by atoms with Crippen LogP contribution in [-0.4, -0.2) is 15.3 Å². The number of fused-ring (bicyclic) bond motifs is 1. The summed E-state index contributed by atoms with van der Waals surface area (Å²) in [7, 11) is 0. The predicted molar refractivity (Wildman–Crippen MR) is 101 cm³/mol. The maximum Gasteiger partial charge on any atom is 0.143 e. The van der Waals surface area contributed by atoms with E-state index in [1.54, 1.807) is 60.7 Å². The Hall–Kier alpha value is -3.66. The molecule has 0 fully saturated rings. The molecule has 0 aliphatic rings. The molecule has 0 aliphatic carbocycles. The van der Waals surface area contributed by atoms with E-state index < -0.39 is 0 Å². The Morgan fingerprint density at radius 1 is 0.615 bits per heavy atom. The van der Waals surface area contributed by atoms with Crippen molar-refractivity contribution in [3.05, 3.63) is 78.9 Å². The van der Waals surface area contributed by atoms with Gasteiger partial charge in [-0.1, -0.05) is 18.2 Å². The zero-order chi connectivity index (χ0) is 18.1. The Balaban J connectivity index is 1.93. The fraction of sp³-hybridized carbons (Fsp3) is 0. The summed E-state index contributed by atoms with van der Waals surface area (Å²) in [6, 6.07) is 22.3. The van der Waals surface area contributed by atoms with Crippen LogP contribution < -0.4 is 4.74 Å². The van der Waals surface area contributed by atoms with Gasteiger partial charge in [0.1, 0.15) is 28.7 Å². The molecular weight excluding hydrogens is 328 g/mol. The second-order valence-corrected chi connectivity index (χ2v) is 5.99. The van der Waals surface area contributed by atoms with Crippen molar-refractivity contribution in [2.45, 2.75) is 0 Å². The Bertz CT molecular complexity index is 1080. The molecule has 128 valence electrons. The molecule has 0 saturated carbocycles. The van der Waals surface area contributed by atoms with Crippen LogP contribution in [0.2, 0.25) is 0 Å². The van der Waals surface area contributed by atoms with Gasteiger partial charge in [0.25, 0.3) is 0 Å². The lowest BCUT2D eigenvalue weighted by molar-refractivity contribution is 0.466. The lowest BCUT2D eigenvalue weighted by Crippen LogP contribution is -1.90. The first-order valence-corrected chi connectivity index (χ1v) is 8.12. The Kier molecular flexibility index (Phi) is 3.86. The third-order valence-corrected chi connectivity index (χ3v) is 4.17. The lowest BCUT2D eigenvalue weighted by Gasteiger charge is -2.15. The molecule has 0 radical (unpaired) electrons. The highest BCUT2D eigenvalue weighted by atomic mass is 16.5. The minimum Gasteiger partial charge on any atom is -0.508 e. The average molecular weight is 344 g/mol. The van der Waals surface area contributed by atoms with Crippen LogP contribution in [0.1, 0.15) is 0 Å². The molecule has 0 bridgehead atoms. The topological polar surface area (TPSA) is 69.9 Å². The first-order chi connectivity index (χ1) is 12.6. The van der Waals surface area contributed by atoms with Crippen LogP contribution in [0.15, 0.2) is 78.9 Å². The van der Waals surface area contributed by atoms with Crippen molar-refractivity contribution in [3.63, 3.8) is 0 Å². The van der Waals surface area contributed by atoms with Crippen LogP contribution >= 0.6 is 0 Å². The zero-order valence-corrected chi connectivity index (χ0v) is 13.8. The number of benzene rings is 4. The van der Waals surface area contributed by atoms with Crippen LogP contribution in [0.25, 0.3) is 21.9 Å². The van der Waals surface area contributed by atoms with E-state index in [-0.39, 0.29) is 17.2 Å². The Morgan fingerprint density at radius 3 is 2.12 bits per heavy atom. The van der Waals surface area contributed by atoms with Crippen molar-refractivity contribution in [2.75, 3.05) is 0 Å². The zero-order valence-electron chi connectivity index (χ0n) is 13.8. The molecule has 4 heteroatoms. The van der Waals surface area contributed by atoms with Gasteiger partial charge in [-0.15, -0.1) is 0 Å². The maximum atomic E-state index is 9.83. The van der Waals surface area contributed by atoms with Crippen molar-refractivity contribution in [1.82, 2.24) is 0 Å². The summed E-state index contributed by atoms with van der Waals surface area (Å²) in [5.74, 6) is 1.69. The molecular formula is C22H16O4. The van der Waals surface area contributed by atoms with Crippen molar-refractivity contribution >= 4 is 10.8 Å². The van der Waals surface area contributed by atoms with Gasteiger partial charge in [-0.25, -0.2) is 0 Å². The summed E-state index contributed by atoms with van der Waals surface area (Å²) in [4.78, 5) is 0. The standard InChI is InChI=1S/C22H16O4/c23-16-5-8-19(9-6-16)26-22-20(14-2-1-3-17(24)12-14)10-4-15-13-18(25)7-11-21(15)22/h1-13,23-25H. The smallest absolute Gasteiger partial charge is 0.143 e. The normalized spacial score (nSPS) is 10.8. The van der Waals surface area contributed by atoms with E-state index in [4.69, 9.17) is 4.74 Å². The van der Waals surface area contributed by atoms with Gasteiger partial charge in [0.2, 0.25) is 0 Å². The van der Waals surface area contributed by atoms with Gasteiger partial charge in [0, 0.05) is 10.9 Å². The van der Waals surface area contributed by atoms with Gasteiger partial charge >= 0.3 is 0 Å². The van der Waals surface area contributed by atoms with Gasteiger partial charge < -0.3 is 20.1 Å². The minimum atomic E-state index is 0.161. The molecule has 3 N–H and O–H groups in total. The number of aromatic hydroxyl groups is 3. The van der Waals surface area contributed by atoms with E-state index >= 15 is 0 Å². The monoisotopic (exact) mass is 344 g/mol. The van der Waals surface area contributed by atoms with Crippen molar-refractivity contribution in [1.29, 1.82) is 0 Å². The summed E-state index contributed by atoms with van der Waals surface area (Å²) in [6.07, 6.45) is 0. The van der Waals surface area contributed by atoms with Gasteiger partial charge in [-0.05, 0) is 71.6 Å². The van der Waals surface area contributed by atoms with E-state index in [9.17, 15) is 15.3 Å². The number of hydrogen-bond donors (Lipinski definition) is 3. The quantitative estimate of drug-likeness (QED) is 0.464. The number of ether oxygens (including phenoxy) is 1. The van der Waals surface area contributed by atoms with E-state index in [0.717, 1.165) is 21.9 Å². The highest BCUT2D eigenvalue weighted by molar-refractivity contribution is 5.96. The molecule has 0 amide bonds. The molecule has 0 spiro atoms. The fourth-order valence-corrected chi connectivity index (χ4v) is 2.93. The number of phenolic OH excluding ortho intramolecular Hbond substituents is 3. The third kappa shape index (κ3) is 3.00. The molecule has 4 aromatic carbocycles. The highest BCUT2D eigenvalue weighted by Gasteiger charge is 2.13. The number of rotatable bonds is 3. The van der Waals surface area contributed by atoms with Crippen LogP contribution in [0.4, 0.5) is 0 Å². The first-order valence-electron chi connectivity index (χ1n) is 8.12. The fourth-order valence-electron chi connectivity index (χ4n) is 2.93. The first kappa shape index (κ1) is 15.8. The SMILES string of the molecule is Oc1ccc(Oc2c(-c3cccc(O)c3)ccc3cc(O)ccc23)cc1. The molecule has 0 aliphatic heterocycles. The van der Waals surface area contributed by atoms with Crippen molar-refractivity contribution < 1.29 is 20.1 Å². The summed E-state index contributed by atoms with van der Waals surface area (Å²) in [5, 5.41) is 30.7. The molecule has 4 aromatic rings. The molecule has 0 heterocycles.